The van der Waals surface area contributed by atoms with Crippen molar-refractivity contribution in [2.24, 2.45) is 5.16 Å². The molecule has 0 fully saturated rings. The van der Waals surface area contributed by atoms with Gasteiger partial charge in [-0.2, -0.15) is 0 Å². The van der Waals surface area contributed by atoms with Crippen LogP contribution < -0.4 is 5.32 Å². The van der Waals surface area contributed by atoms with Crippen LogP contribution in [-0.2, 0) is 4.79 Å². The van der Waals surface area contributed by atoms with Crippen molar-refractivity contribution < 1.29 is 19.9 Å². The third-order valence-corrected chi connectivity index (χ3v) is 6.82. The number of aromatic nitrogens is 1. The van der Waals surface area contributed by atoms with Crippen LogP contribution in [-0.4, -0.2) is 38.9 Å². The lowest BCUT2D eigenvalue weighted by molar-refractivity contribution is -0.138. The molecule has 1 heterocycles. The van der Waals surface area contributed by atoms with E-state index in [2.05, 4.69) is 46.6 Å². The van der Waals surface area contributed by atoms with E-state index in [1.807, 2.05) is 55.5 Å². The van der Waals surface area contributed by atoms with Crippen molar-refractivity contribution in [1.82, 2.24) is 10.3 Å². The lowest BCUT2D eigenvalue weighted by atomic mass is 9.83. The highest BCUT2D eigenvalue weighted by Gasteiger charge is 2.21. The topological polar surface area (TPSA) is 112 Å². The highest BCUT2D eigenvalue weighted by Crippen LogP contribution is 2.33. The number of carboxylic acid groups (broad SMARTS) is 1. The van der Waals surface area contributed by atoms with Crippen LogP contribution in [0.5, 0.6) is 0 Å². The number of aryl methyl sites for hydroxylation is 2. The molecule has 2 atom stereocenters. The molecule has 198 valence electrons. The zero-order valence-electron chi connectivity index (χ0n) is 22.1. The molecule has 0 saturated heterocycles. The standard InChI is InChI=1S/C32H31N3O4/c1-20-6-4-5-7-28(20)29(19-30(35-39)27-16-17-33-21(2)18-27)25-12-8-23(9-13-25)24-10-14-26(15-11-24)31(36)34-22(3)32(37)38/h4-18,22,29,39H,19H2,1-3H3,(H,34,36)(H,37,38)/b35-30+/t22-,29-/m0/s1. The number of hydrogen-bond acceptors (Lipinski definition) is 5. The van der Waals surface area contributed by atoms with Gasteiger partial charge in [0, 0.05) is 35.4 Å². The van der Waals surface area contributed by atoms with Gasteiger partial charge >= 0.3 is 5.97 Å². The highest BCUT2D eigenvalue weighted by atomic mass is 16.4. The van der Waals surface area contributed by atoms with Gasteiger partial charge in [-0.1, -0.05) is 65.8 Å². The fourth-order valence-electron chi connectivity index (χ4n) is 4.58. The zero-order chi connectivity index (χ0) is 27.9. The molecular formula is C32H31N3O4. The third-order valence-electron chi connectivity index (χ3n) is 6.82. The van der Waals surface area contributed by atoms with Crippen LogP contribution >= 0.6 is 0 Å². The van der Waals surface area contributed by atoms with Gasteiger partial charge in [0.25, 0.3) is 5.91 Å². The molecule has 1 amide bonds. The average molecular weight is 522 g/mol. The molecular weight excluding hydrogens is 490 g/mol. The van der Waals surface area contributed by atoms with E-state index in [1.165, 1.54) is 6.92 Å². The predicted octanol–water partition coefficient (Wildman–Crippen LogP) is 5.97. The van der Waals surface area contributed by atoms with Gasteiger partial charge in [0.2, 0.25) is 0 Å². The highest BCUT2D eigenvalue weighted by molar-refractivity contribution is 6.01. The van der Waals surface area contributed by atoms with E-state index < -0.39 is 17.9 Å². The average Bonchev–Trinajstić information content (AvgIpc) is 2.94. The van der Waals surface area contributed by atoms with Crippen molar-refractivity contribution in [1.29, 1.82) is 0 Å². The normalized spacial score (nSPS) is 12.9. The first-order valence-electron chi connectivity index (χ1n) is 12.7. The minimum absolute atomic E-state index is 0.0399. The fourth-order valence-corrected chi connectivity index (χ4v) is 4.58. The minimum Gasteiger partial charge on any atom is -0.480 e. The Balaban J connectivity index is 1.60. The largest absolute Gasteiger partial charge is 0.480 e. The number of aliphatic carboxylic acids is 1. The Morgan fingerprint density at radius 1 is 0.897 bits per heavy atom. The van der Waals surface area contributed by atoms with Crippen molar-refractivity contribution in [3.8, 4) is 11.1 Å². The number of rotatable bonds is 9. The van der Waals surface area contributed by atoms with Crippen LogP contribution in [0.3, 0.4) is 0 Å². The van der Waals surface area contributed by atoms with Gasteiger partial charge in [0.15, 0.2) is 0 Å². The number of amides is 1. The summed E-state index contributed by atoms with van der Waals surface area (Å²) in [6.45, 7) is 5.41. The molecule has 39 heavy (non-hydrogen) atoms. The number of nitrogens with one attached hydrogen (secondary N) is 1. The van der Waals surface area contributed by atoms with Gasteiger partial charge in [-0.15, -0.1) is 0 Å². The molecule has 7 nitrogen and oxygen atoms in total. The molecule has 0 spiro atoms. The summed E-state index contributed by atoms with van der Waals surface area (Å²) < 4.78 is 0. The third kappa shape index (κ3) is 6.57. The van der Waals surface area contributed by atoms with Crippen LogP contribution in [0, 0.1) is 13.8 Å². The Kier molecular flexibility index (Phi) is 8.51. The number of pyridine rings is 1. The Morgan fingerprint density at radius 3 is 2.13 bits per heavy atom. The van der Waals surface area contributed by atoms with Crippen LogP contribution in [0.1, 0.15) is 57.6 Å². The molecule has 0 unspecified atom stereocenters. The monoisotopic (exact) mass is 521 g/mol. The fraction of sp³-hybridized carbons (Fsp3) is 0.188. The first kappa shape index (κ1) is 27.3. The summed E-state index contributed by atoms with van der Waals surface area (Å²) in [7, 11) is 0. The summed E-state index contributed by atoms with van der Waals surface area (Å²) in [5, 5.41) is 25.1. The lowest BCUT2D eigenvalue weighted by Crippen LogP contribution is -2.38. The molecule has 1 aromatic heterocycles. The number of carboxylic acids is 1. The molecule has 3 N–H and O–H groups in total. The summed E-state index contributed by atoms with van der Waals surface area (Å²) in [6, 6.07) is 26.3. The maximum absolute atomic E-state index is 12.3. The maximum Gasteiger partial charge on any atom is 0.325 e. The van der Waals surface area contributed by atoms with Crippen molar-refractivity contribution in [2.45, 2.75) is 39.2 Å². The van der Waals surface area contributed by atoms with E-state index >= 15 is 0 Å². The first-order chi connectivity index (χ1) is 18.8. The van der Waals surface area contributed by atoms with Crippen molar-refractivity contribution >= 4 is 17.6 Å². The number of oxime groups is 1. The maximum atomic E-state index is 12.3. The second-order valence-corrected chi connectivity index (χ2v) is 9.58. The quantitative estimate of drug-likeness (QED) is 0.143. The Bertz CT molecular complexity index is 1490. The van der Waals surface area contributed by atoms with E-state index in [-0.39, 0.29) is 5.92 Å². The van der Waals surface area contributed by atoms with Crippen LogP contribution in [0.2, 0.25) is 0 Å². The van der Waals surface area contributed by atoms with Crippen LogP contribution in [0.15, 0.2) is 96.3 Å². The number of benzene rings is 3. The van der Waals surface area contributed by atoms with Crippen molar-refractivity contribution in [2.75, 3.05) is 0 Å². The first-order valence-corrected chi connectivity index (χ1v) is 12.7. The second-order valence-electron chi connectivity index (χ2n) is 9.58. The van der Waals surface area contributed by atoms with Gasteiger partial charge in [-0.25, -0.2) is 0 Å². The minimum atomic E-state index is -1.09. The smallest absolute Gasteiger partial charge is 0.325 e. The van der Waals surface area contributed by atoms with Gasteiger partial charge in [0.1, 0.15) is 6.04 Å². The van der Waals surface area contributed by atoms with Crippen molar-refractivity contribution in [3.05, 3.63) is 125 Å². The van der Waals surface area contributed by atoms with Crippen LogP contribution in [0.4, 0.5) is 0 Å². The SMILES string of the molecule is Cc1cc(/C(C[C@@H](c2ccc(-c3ccc(C(=O)N[C@@H](C)C(=O)O)cc3)cc2)c2ccccc2C)=N/O)ccn1. The Labute approximate surface area is 227 Å². The predicted molar refractivity (Wildman–Crippen MR) is 151 cm³/mol. The lowest BCUT2D eigenvalue weighted by Gasteiger charge is -2.21. The molecule has 0 saturated carbocycles. The van der Waals surface area contributed by atoms with Gasteiger partial charge in [-0.3, -0.25) is 14.6 Å². The summed E-state index contributed by atoms with van der Waals surface area (Å²) in [6.07, 6.45) is 2.22. The summed E-state index contributed by atoms with van der Waals surface area (Å²) >= 11 is 0. The van der Waals surface area contributed by atoms with Crippen LogP contribution in [0.25, 0.3) is 11.1 Å². The van der Waals surface area contributed by atoms with E-state index in [0.717, 1.165) is 39.1 Å². The zero-order valence-corrected chi connectivity index (χ0v) is 22.1. The second kappa shape index (κ2) is 12.2. The van der Waals surface area contributed by atoms with E-state index in [0.29, 0.717) is 17.7 Å². The molecule has 4 rings (SSSR count). The molecule has 0 bridgehead atoms. The van der Waals surface area contributed by atoms with E-state index in [9.17, 15) is 14.8 Å². The van der Waals surface area contributed by atoms with E-state index in [1.54, 1.807) is 18.3 Å². The summed E-state index contributed by atoms with van der Waals surface area (Å²) in [4.78, 5) is 27.6. The molecule has 0 radical (unpaired) electrons. The molecule has 0 aliphatic heterocycles. The number of hydrogen-bond donors (Lipinski definition) is 3. The van der Waals surface area contributed by atoms with Gasteiger partial charge in [-0.05, 0) is 72.9 Å². The van der Waals surface area contributed by atoms with E-state index in [4.69, 9.17) is 5.11 Å². The number of nitrogens with zero attached hydrogens (tertiary/aromatic N) is 2. The van der Waals surface area contributed by atoms with Gasteiger partial charge < -0.3 is 15.6 Å². The molecule has 7 heteroatoms. The molecule has 0 aliphatic rings. The summed E-state index contributed by atoms with van der Waals surface area (Å²) in [5.41, 5.74) is 7.97. The molecule has 3 aromatic carbocycles. The number of carbonyl (C=O) groups is 2. The van der Waals surface area contributed by atoms with Crippen molar-refractivity contribution in [3.63, 3.8) is 0 Å². The van der Waals surface area contributed by atoms with Gasteiger partial charge in [0.05, 0.1) is 5.71 Å². The Morgan fingerprint density at radius 2 is 1.54 bits per heavy atom. The molecule has 4 aromatic rings. The summed E-state index contributed by atoms with van der Waals surface area (Å²) in [5.74, 6) is -1.56. The molecule has 0 aliphatic carbocycles. The Hall–Kier alpha value is -4.78. The number of carbonyl (C=O) groups excluding carboxylic acids is 1.